The number of hydrogen-bond donors (Lipinski definition) is 4. The van der Waals surface area contributed by atoms with Gasteiger partial charge in [0, 0.05) is 0 Å². The molecule has 1 aliphatic rings. The summed E-state index contributed by atoms with van der Waals surface area (Å²) in [5.41, 5.74) is 0. The van der Waals surface area contributed by atoms with Crippen LogP contribution in [0.2, 0.25) is 0 Å². The quantitative estimate of drug-likeness (QED) is 0.383. The molecule has 0 aliphatic carbocycles. The summed E-state index contributed by atoms with van der Waals surface area (Å²) in [6.45, 7) is -0.686. The Morgan fingerprint density at radius 1 is 1.21 bits per heavy atom. The average molecular weight is 230 g/mol. The molecule has 0 amide bonds. The number of ether oxygens (including phenoxy) is 1. The van der Waals surface area contributed by atoms with Gasteiger partial charge >= 0.3 is 10.4 Å². The molecule has 1 saturated heterocycles. The second kappa shape index (κ2) is 4.06. The minimum absolute atomic E-state index is 0.686. The third-order valence-electron chi connectivity index (χ3n) is 1.72. The van der Waals surface area contributed by atoms with Gasteiger partial charge in [0.2, 0.25) is 0 Å². The first-order chi connectivity index (χ1) is 6.31. The lowest BCUT2D eigenvalue weighted by molar-refractivity contribution is -0.131. The highest BCUT2D eigenvalue weighted by molar-refractivity contribution is 7.80. The largest absolute Gasteiger partial charge is 0.397 e. The molecule has 0 bridgehead atoms. The van der Waals surface area contributed by atoms with Crippen LogP contribution < -0.4 is 0 Å². The zero-order chi connectivity index (χ0) is 10.9. The molecule has 1 heterocycles. The van der Waals surface area contributed by atoms with E-state index in [4.69, 9.17) is 19.9 Å². The van der Waals surface area contributed by atoms with Gasteiger partial charge in [-0.05, 0) is 0 Å². The van der Waals surface area contributed by atoms with Crippen molar-refractivity contribution in [3.63, 3.8) is 0 Å². The first kappa shape index (κ1) is 11.8. The topological polar surface area (TPSA) is 134 Å². The maximum Gasteiger partial charge on any atom is 0.397 e. The van der Waals surface area contributed by atoms with Gasteiger partial charge in [-0.2, -0.15) is 8.42 Å². The van der Waals surface area contributed by atoms with E-state index in [1.165, 1.54) is 0 Å². The Kier molecular flexibility index (Phi) is 3.42. The SMILES string of the molecule is O=S(=O)(O)OCC1OC(O)C(O)C1O. The zero-order valence-electron chi connectivity index (χ0n) is 6.85. The summed E-state index contributed by atoms with van der Waals surface area (Å²) in [6.07, 6.45) is -5.79. The van der Waals surface area contributed by atoms with E-state index in [1.807, 2.05) is 0 Å². The zero-order valence-corrected chi connectivity index (χ0v) is 7.66. The van der Waals surface area contributed by atoms with Gasteiger partial charge in [0.15, 0.2) is 6.29 Å². The summed E-state index contributed by atoms with van der Waals surface area (Å²) in [7, 11) is -4.62. The van der Waals surface area contributed by atoms with Crippen LogP contribution in [0.5, 0.6) is 0 Å². The number of rotatable bonds is 3. The Labute approximate surface area is 79.6 Å². The number of aliphatic hydroxyl groups is 3. The maximum absolute atomic E-state index is 10.1. The van der Waals surface area contributed by atoms with Gasteiger partial charge in [-0.1, -0.05) is 0 Å². The van der Waals surface area contributed by atoms with Crippen molar-refractivity contribution in [2.24, 2.45) is 0 Å². The lowest BCUT2D eigenvalue weighted by atomic mass is 10.1. The lowest BCUT2D eigenvalue weighted by Gasteiger charge is -2.12. The molecule has 1 rings (SSSR count). The van der Waals surface area contributed by atoms with Gasteiger partial charge in [0.25, 0.3) is 0 Å². The predicted molar refractivity (Wildman–Crippen MR) is 40.4 cm³/mol. The summed E-state index contributed by atoms with van der Waals surface area (Å²) >= 11 is 0. The van der Waals surface area contributed by atoms with E-state index in [0.29, 0.717) is 0 Å². The first-order valence-corrected chi connectivity index (χ1v) is 4.99. The van der Waals surface area contributed by atoms with E-state index in [1.54, 1.807) is 0 Å². The van der Waals surface area contributed by atoms with Crippen LogP contribution in [0.3, 0.4) is 0 Å². The molecule has 4 atom stereocenters. The molecule has 0 aromatic carbocycles. The molecule has 4 N–H and O–H groups in total. The average Bonchev–Trinajstić information content (AvgIpc) is 2.28. The maximum atomic E-state index is 10.1. The van der Waals surface area contributed by atoms with Crippen molar-refractivity contribution in [2.45, 2.75) is 24.6 Å². The van der Waals surface area contributed by atoms with Gasteiger partial charge < -0.3 is 20.1 Å². The van der Waals surface area contributed by atoms with E-state index < -0.39 is 41.6 Å². The summed E-state index contributed by atoms with van der Waals surface area (Å²) in [4.78, 5) is 0. The Balaban J connectivity index is 2.48. The second-order valence-electron chi connectivity index (χ2n) is 2.76. The predicted octanol–water partition coefficient (Wildman–Crippen LogP) is -2.76. The van der Waals surface area contributed by atoms with E-state index in [0.717, 1.165) is 0 Å². The molecule has 9 heteroatoms. The summed E-state index contributed by atoms with van der Waals surface area (Å²) in [5, 5.41) is 27.0. The minimum Gasteiger partial charge on any atom is -0.387 e. The monoisotopic (exact) mass is 230 g/mol. The second-order valence-corrected chi connectivity index (χ2v) is 3.85. The van der Waals surface area contributed by atoms with Crippen LogP contribution in [-0.4, -0.2) is 59.5 Å². The van der Waals surface area contributed by atoms with E-state index >= 15 is 0 Å². The van der Waals surface area contributed by atoms with Crippen molar-refractivity contribution in [3.05, 3.63) is 0 Å². The highest BCUT2D eigenvalue weighted by atomic mass is 32.3. The fraction of sp³-hybridized carbons (Fsp3) is 1.00. The first-order valence-electron chi connectivity index (χ1n) is 3.63. The molecule has 0 radical (unpaired) electrons. The molecule has 4 unspecified atom stereocenters. The molecule has 0 aromatic rings. The Bertz CT molecular complexity index is 286. The fourth-order valence-electron chi connectivity index (χ4n) is 1.02. The van der Waals surface area contributed by atoms with Crippen molar-refractivity contribution in [1.82, 2.24) is 0 Å². The number of hydrogen-bond acceptors (Lipinski definition) is 7. The van der Waals surface area contributed by atoms with Crippen LogP contribution in [0.25, 0.3) is 0 Å². The third kappa shape index (κ3) is 2.85. The van der Waals surface area contributed by atoms with E-state index in [2.05, 4.69) is 8.92 Å². The molecule has 0 spiro atoms. The van der Waals surface area contributed by atoms with Gasteiger partial charge in [-0.15, -0.1) is 0 Å². The summed E-state index contributed by atoms with van der Waals surface area (Å²) < 4.78 is 36.9. The Morgan fingerprint density at radius 2 is 1.79 bits per heavy atom. The molecule has 14 heavy (non-hydrogen) atoms. The Hall–Kier alpha value is -0.290. The molecular weight excluding hydrogens is 220 g/mol. The molecule has 0 saturated carbocycles. The molecule has 8 nitrogen and oxygen atoms in total. The molecule has 0 aromatic heterocycles. The lowest BCUT2D eigenvalue weighted by Crippen LogP contribution is -2.34. The molecule has 1 aliphatic heterocycles. The minimum atomic E-state index is -4.62. The van der Waals surface area contributed by atoms with Crippen molar-refractivity contribution in [2.75, 3.05) is 6.61 Å². The van der Waals surface area contributed by atoms with Gasteiger partial charge in [-0.3, -0.25) is 4.55 Å². The molecule has 84 valence electrons. The van der Waals surface area contributed by atoms with Crippen molar-refractivity contribution in [1.29, 1.82) is 0 Å². The Morgan fingerprint density at radius 3 is 2.14 bits per heavy atom. The number of aliphatic hydroxyl groups excluding tert-OH is 3. The normalized spacial score (nSPS) is 38.9. The molecule has 1 fully saturated rings. The van der Waals surface area contributed by atoms with Gasteiger partial charge in [0.05, 0.1) is 6.61 Å². The van der Waals surface area contributed by atoms with Crippen LogP contribution in [-0.2, 0) is 19.3 Å². The third-order valence-corrected chi connectivity index (χ3v) is 2.15. The van der Waals surface area contributed by atoms with Crippen LogP contribution in [0.15, 0.2) is 0 Å². The summed E-state index contributed by atoms with van der Waals surface area (Å²) in [5.74, 6) is 0. The highest BCUT2D eigenvalue weighted by Gasteiger charge is 2.42. The van der Waals surface area contributed by atoms with E-state index in [9.17, 15) is 8.42 Å². The van der Waals surface area contributed by atoms with E-state index in [-0.39, 0.29) is 0 Å². The smallest absolute Gasteiger partial charge is 0.387 e. The van der Waals surface area contributed by atoms with Crippen molar-refractivity contribution < 1.29 is 37.2 Å². The van der Waals surface area contributed by atoms with Gasteiger partial charge in [0.1, 0.15) is 18.3 Å². The standard InChI is InChI=1S/C5H10O8S/c6-3-2(1-12-14(9,10)11)13-5(8)4(3)7/h2-8H,1H2,(H,9,10,11). The van der Waals surface area contributed by atoms with Crippen molar-refractivity contribution in [3.8, 4) is 0 Å². The highest BCUT2D eigenvalue weighted by Crippen LogP contribution is 2.19. The van der Waals surface area contributed by atoms with Crippen LogP contribution >= 0.6 is 0 Å². The molecular formula is C5H10O8S. The fourth-order valence-corrected chi connectivity index (χ4v) is 1.33. The van der Waals surface area contributed by atoms with Crippen LogP contribution in [0, 0.1) is 0 Å². The van der Waals surface area contributed by atoms with Crippen LogP contribution in [0.4, 0.5) is 0 Å². The van der Waals surface area contributed by atoms with Crippen molar-refractivity contribution >= 4 is 10.4 Å². The van der Waals surface area contributed by atoms with Crippen LogP contribution in [0.1, 0.15) is 0 Å². The van der Waals surface area contributed by atoms with Gasteiger partial charge in [-0.25, -0.2) is 4.18 Å². The summed E-state index contributed by atoms with van der Waals surface area (Å²) in [6, 6.07) is 0.